The minimum absolute atomic E-state index is 0.187. The van der Waals surface area contributed by atoms with Gasteiger partial charge < -0.3 is 24.8 Å². The Morgan fingerprint density at radius 1 is 1.00 bits per heavy atom. The molecule has 0 amide bonds. The monoisotopic (exact) mass is 365 g/mol. The highest BCUT2D eigenvalue weighted by Crippen LogP contribution is 2.13. The summed E-state index contributed by atoms with van der Waals surface area (Å²) in [5, 5.41) is 6.53. The number of aliphatic imine (C=N–C) groups is 1. The van der Waals surface area contributed by atoms with Crippen molar-refractivity contribution in [2.45, 2.75) is 46.3 Å². The second-order valence-corrected chi connectivity index (χ2v) is 6.24. The van der Waals surface area contributed by atoms with Crippen molar-refractivity contribution in [1.29, 1.82) is 0 Å². The highest BCUT2D eigenvalue weighted by atomic mass is 16.5. The van der Waals surface area contributed by atoms with Crippen LogP contribution in [-0.2, 0) is 16.0 Å². The number of nitrogens with zero attached hydrogens (tertiary/aromatic N) is 1. The van der Waals surface area contributed by atoms with E-state index in [1.165, 1.54) is 5.56 Å². The van der Waals surface area contributed by atoms with Crippen LogP contribution in [0, 0.1) is 0 Å². The minimum Gasteiger partial charge on any atom is -0.491 e. The summed E-state index contributed by atoms with van der Waals surface area (Å²) in [4.78, 5) is 4.22. The van der Waals surface area contributed by atoms with Gasteiger partial charge in [0.1, 0.15) is 5.75 Å². The number of benzene rings is 1. The van der Waals surface area contributed by atoms with Crippen LogP contribution in [0.4, 0.5) is 0 Å². The van der Waals surface area contributed by atoms with E-state index in [-0.39, 0.29) is 6.10 Å². The van der Waals surface area contributed by atoms with Crippen molar-refractivity contribution in [2.24, 2.45) is 4.99 Å². The van der Waals surface area contributed by atoms with Crippen LogP contribution in [0.15, 0.2) is 29.3 Å². The Hall–Kier alpha value is -1.79. The molecular formula is C20H35N3O3. The Kier molecular flexibility index (Phi) is 12.3. The molecule has 0 aliphatic heterocycles. The van der Waals surface area contributed by atoms with Gasteiger partial charge in [-0.15, -0.1) is 0 Å². The van der Waals surface area contributed by atoms with Gasteiger partial charge in [-0.25, -0.2) is 0 Å². The Morgan fingerprint density at radius 3 is 2.31 bits per heavy atom. The fraction of sp³-hybridized carbons (Fsp3) is 0.650. The molecule has 0 radical (unpaired) electrons. The number of nitrogens with one attached hydrogen (secondary N) is 2. The zero-order chi connectivity index (χ0) is 19.0. The van der Waals surface area contributed by atoms with Crippen molar-refractivity contribution in [3.8, 4) is 5.75 Å². The molecule has 1 aromatic carbocycles. The van der Waals surface area contributed by atoms with Gasteiger partial charge in [-0.2, -0.15) is 0 Å². The maximum absolute atomic E-state index is 5.65. The van der Waals surface area contributed by atoms with E-state index >= 15 is 0 Å². The van der Waals surface area contributed by atoms with Crippen LogP contribution in [0.3, 0.4) is 0 Å². The normalized spacial score (nSPS) is 11.7. The van der Waals surface area contributed by atoms with Crippen LogP contribution in [0.25, 0.3) is 0 Å². The molecule has 0 aromatic heterocycles. The van der Waals surface area contributed by atoms with Crippen LogP contribution < -0.4 is 15.4 Å². The third-order valence-electron chi connectivity index (χ3n) is 3.53. The highest BCUT2D eigenvalue weighted by molar-refractivity contribution is 5.79. The Bertz CT molecular complexity index is 490. The summed E-state index contributed by atoms with van der Waals surface area (Å²) in [5.74, 6) is 1.65. The van der Waals surface area contributed by atoms with Gasteiger partial charge in [0.05, 0.1) is 25.9 Å². The molecule has 0 aliphatic rings. The summed E-state index contributed by atoms with van der Waals surface area (Å²) >= 11 is 0. The summed E-state index contributed by atoms with van der Waals surface area (Å²) in [6.45, 7) is 10.3. The first-order chi connectivity index (χ1) is 12.7. The van der Waals surface area contributed by atoms with Gasteiger partial charge in [0, 0.05) is 26.7 Å². The van der Waals surface area contributed by atoms with E-state index in [9.17, 15) is 0 Å². The van der Waals surface area contributed by atoms with Gasteiger partial charge in [0.2, 0.25) is 0 Å². The molecule has 0 fully saturated rings. The SMILES string of the molecule is CCCCOCCOCCNC(=NC)NCc1ccc(OC(C)C)cc1. The fourth-order valence-electron chi connectivity index (χ4n) is 2.17. The van der Waals surface area contributed by atoms with Crippen molar-refractivity contribution >= 4 is 5.96 Å². The molecule has 6 heteroatoms. The number of guanidine groups is 1. The smallest absolute Gasteiger partial charge is 0.191 e. The first kappa shape index (κ1) is 22.3. The molecule has 0 spiro atoms. The molecule has 148 valence electrons. The lowest BCUT2D eigenvalue weighted by Crippen LogP contribution is -2.38. The molecule has 1 aromatic rings. The minimum atomic E-state index is 0.187. The first-order valence-corrected chi connectivity index (χ1v) is 9.51. The molecule has 6 nitrogen and oxygen atoms in total. The predicted molar refractivity (Wildman–Crippen MR) is 107 cm³/mol. The maximum atomic E-state index is 5.65. The molecule has 0 unspecified atom stereocenters. The maximum Gasteiger partial charge on any atom is 0.191 e. The van der Waals surface area contributed by atoms with Crippen molar-refractivity contribution in [2.75, 3.05) is 40.0 Å². The Morgan fingerprint density at radius 2 is 1.69 bits per heavy atom. The van der Waals surface area contributed by atoms with Gasteiger partial charge in [0.15, 0.2) is 5.96 Å². The number of hydrogen-bond donors (Lipinski definition) is 2. The molecule has 1 rings (SSSR count). The second-order valence-electron chi connectivity index (χ2n) is 6.24. The van der Waals surface area contributed by atoms with E-state index in [1.54, 1.807) is 7.05 Å². The Labute approximate surface area is 158 Å². The number of unbranched alkanes of at least 4 members (excludes halogenated alkanes) is 1. The van der Waals surface area contributed by atoms with Crippen molar-refractivity contribution < 1.29 is 14.2 Å². The molecule has 2 N–H and O–H groups in total. The largest absolute Gasteiger partial charge is 0.491 e. The molecular weight excluding hydrogens is 330 g/mol. The molecule has 0 atom stereocenters. The zero-order valence-electron chi connectivity index (χ0n) is 16.7. The van der Waals surface area contributed by atoms with Gasteiger partial charge in [-0.05, 0) is 38.0 Å². The summed E-state index contributed by atoms with van der Waals surface area (Å²) in [5.41, 5.74) is 1.17. The van der Waals surface area contributed by atoms with Gasteiger partial charge in [0.25, 0.3) is 0 Å². The average molecular weight is 366 g/mol. The summed E-state index contributed by atoms with van der Waals surface area (Å²) < 4.78 is 16.6. The van der Waals surface area contributed by atoms with Crippen LogP contribution in [0.2, 0.25) is 0 Å². The van der Waals surface area contributed by atoms with E-state index in [0.29, 0.717) is 32.9 Å². The first-order valence-electron chi connectivity index (χ1n) is 9.51. The zero-order valence-corrected chi connectivity index (χ0v) is 16.7. The number of rotatable bonds is 13. The molecule has 0 heterocycles. The highest BCUT2D eigenvalue weighted by Gasteiger charge is 2.00. The van der Waals surface area contributed by atoms with Crippen LogP contribution in [0.1, 0.15) is 39.2 Å². The quantitative estimate of drug-likeness (QED) is 0.320. The van der Waals surface area contributed by atoms with Gasteiger partial charge in [-0.1, -0.05) is 25.5 Å². The van der Waals surface area contributed by atoms with Gasteiger partial charge >= 0.3 is 0 Å². The van der Waals surface area contributed by atoms with Crippen molar-refractivity contribution in [3.05, 3.63) is 29.8 Å². The van der Waals surface area contributed by atoms with E-state index < -0.39 is 0 Å². The lowest BCUT2D eigenvalue weighted by Gasteiger charge is -2.13. The molecule has 0 saturated carbocycles. The van der Waals surface area contributed by atoms with E-state index in [2.05, 4.69) is 34.7 Å². The standard InChI is InChI=1S/C20H35N3O3/c1-5-6-12-24-14-15-25-13-11-22-20(21-4)23-16-18-7-9-19(10-8-18)26-17(2)3/h7-10,17H,5-6,11-16H2,1-4H3,(H2,21,22,23). The topological polar surface area (TPSA) is 64.1 Å². The molecule has 0 aliphatic carbocycles. The van der Waals surface area contributed by atoms with Crippen molar-refractivity contribution in [1.82, 2.24) is 10.6 Å². The number of hydrogen-bond acceptors (Lipinski definition) is 4. The van der Waals surface area contributed by atoms with Crippen LogP contribution in [-0.4, -0.2) is 52.1 Å². The average Bonchev–Trinajstić information content (AvgIpc) is 2.63. The van der Waals surface area contributed by atoms with Crippen LogP contribution in [0.5, 0.6) is 5.75 Å². The second kappa shape index (κ2) is 14.4. The lowest BCUT2D eigenvalue weighted by molar-refractivity contribution is 0.0487. The van der Waals surface area contributed by atoms with E-state index in [4.69, 9.17) is 14.2 Å². The van der Waals surface area contributed by atoms with E-state index in [0.717, 1.165) is 31.2 Å². The fourth-order valence-corrected chi connectivity index (χ4v) is 2.17. The molecule has 0 saturated heterocycles. The van der Waals surface area contributed by atoms with E-state index in [1.807, 2.05) is 26.0 Å². The molecule has 26 heavy (non-hydrogen) atoms. The van der Waals surface area contributed by atoms with Crippen LogP contribution >= 0.6 is 0 Å². The van der Waals surface area contributed by atoms with Gasteiger partial charge in [-0.3, -0.25) is 4.99 Å². The van der Waals surface area contributed by atoms with Crippen molar-refractivity contribution in [3.63, 3.8) is 0 Å². The number of ether oxygens (including phenoxy) is 3. The lowest BCUT2D eigenvalue weighted by atomic mass is 10.2. The third kappa shape index (κ3) is 10.9. The molecule has 0 bridgehead atoms. The predicted octanol–water partition coefficient (Wildman–Crippen LogP) is 2.97. The summed E-state index contributed by atoms with van der Waals surface area (Å²) in [6, 6.07) is 8.09. The third-order valence-corrected chi connectivity index (χ3v) is 3.53. The Balaban J connectivity index is 2.13. The summed E-state index contributed by atoms with van der Waals surface area (Å²) in [6.07, 6.45) is 2.45. The summed E-state index contributed by atoms with van der Waals surface area (Å²) in [7, 11) is 1.76.